The Bertz CT molecular complexity index is 599. The number of aromatic amines is 1. The Labute approximate surface area is 105 Å². The third kappa shape index (κ3) is 2.43. The molecular formula is C14H17N3O. The van der Waals surface area contributed by atoms with Crippen molar-refractivity contribution in [3.8, 4) is 0 Å². The molecule has 1 saturated heterocycles. The van der Waals surface area contributed by atoms with Crippen LogP contribution in [-0.2, 0) is 6.42 Å². The van der Waals surface area contributed by atoms with Crippen LogP contribution in [0.15, 0.2) is 29.2 Å². The molecule has 1 aliphatic heterocycles. The van der Waals surface area contributed by atoms with E-state index in [2.05, 4.69) is 27.4 Å². The van der Waals surface area contributed by atoms with Gasteiger partial charge in [0.1, 0.15) is 0 Å². The lowest BCUT2D eigenvalue weighted by atomic mass is 9.97. The fourth-order valence-corrected chi connectivity index (χ4v) is 2.59. The lowest BCUT2D eigenvalue weighted by molar-refractivity contribution is 0.399. The highest BCUT2D eigenvalue weighted by molar-refractivity contribution is 5.74. The van der Waals surface area contributed by atoms with Crippen LogP contribution in [0, 0.1) is 0 Å². The molecule has 2 N–H and O–H groups in total. The number of nitrogens with one attached hydrogen (secondary N) is 2. The van der Waals surface area contributed by atoms with Gasteiger partial charge in [0.05, 0.1) is 17.2 Å². The highest BCUT2D eigenvalue weighted by atomic mass is 16.1. The molecular weight excluding hydrogens is 226 g/mol. The predicted molar refractivity (Wildman–Crippen MR) is 71.7 cm³/mol. The number of nitrogens with zero attached hydrogens (tertiary/aromatic N) is 1. The Balaban J connectivity index is 1.84. The van der Waals surface area contributed by atoms with Gasteiger partial charge in [-0.15, -0.1) is 0 Å². The predicted octanol–water partition coefficient (Wildman–Crippen LogP) is 1.61. The average molecular weight is 243 g/mol. The summed E-state index contributed by atoms with van der Waals surface area (Å²) in [5.74, 6) is 0. The number of rotatable bonds is 2. The summed E-state index contributed by atoms with van der Waals surface area (Å²) in [6.07, 6.45) is 6.23. The van der Waals surface area contributed by atoms with Crippen molar-refractivity contribution in [2.75, 3.05) is 6.54 Å². The summed E-state index contributed by atoms with van der Waals surface area (Å²) in [7, 11) is 0. The molecule has 1 unspecified atom stereocenters. The topological polar surface area (TPSA) is 57.8 Å². The largest absolute Gasteiger partial charge is 0.319 e. The molecule has 0 saturated carbocycles. The Kier molecular flexibility index (Phi) is 3.11. The third-order valence-electron chi connectivity index (χ3n) is 3.54. The van der Waals surface area contributed by atoms with Crippen LogP contribution in [0.2, 0.25) is 0 Å². The van der Waals surface area contributed by atoms with Crippen LogP contribution in [0.1, 0.15) is 24.8 Å². The zero-order valence-electron chi connectivity index (χ0n) is 10.3. The van der Waals surface area contributed by atoms with Crippen molar-refractivity contribution >= 4 is 11.0 Å². The van der Waals surface area contributed by atoms with Crippen molar-refractivity contribution in [1.82, 2.24) is 15.3 Å². The van der Waals surface area contributed by atoms with E-state index in [9.17, 15) is 4.79 Å². The molecule has 94 valence electrons. The monoisotopic (exact) mass is 243 g/mol. The minimum Gasteiger partial charge on any atom is -0.319 e. The summed E-state index contributed by atoms with van der Waals surface area (Å²) < 4.78 is 0. The van der Waals surface area contributed by atoms with E-state index >= 15 is 0 Å². The first-order valence-electron chi connectivity index (χ1n) is 6.52. The van der Waals surface area contributed by atoms with Gasteiger partial charge in [-0.1, -0.05) is 12.5 Å². The van der Waals surface area contributed by atoms with E-state index in [0.29, 0.717) is 6.04 Å². The minimum absolute atomic E-state index is 0.149. The van der Waals surface area contributed by atoms with E-state index in [0.717, 1.165) is 24.0 Å². The van der Waals surface area contributed by atoms with E-state index in [-0.39, 0.29) is 5.56 Å². The molecule has 3 rings (SSSR count). The summed E-state index contributed by atoms with van der Waals surface area (Å²) in [4.78, 5) is 18.1. The molecule has 0 aliphatic carbocycles. The molecule has 4 nitrogen and oxygen atoms in total. The maximum atomic E-state index is 11.2. The summed E-state index contributed by atoms with van der Waals surface area (Å²) in [6.45, 7) is 1.13. The number of H-pyrrole nitrogens is 1. The number of aromatic nitrogens is 2. The molecule has 1 aliphatic rings. The smallest absolute Gasteiger partial charge is 0.266 e. The van der Waals surface area contributed by atoms with Crippen LogP contribution in [0.3, 0.4) is 0 Å². The normalized spacial score (nSPS) is 20.1. The van der Waals surface area contributed by atoms with Gasteiger partial charge < -0.3 is 10.3 Å². The molecule has 0 bridgehead atoms. The average Bonchev–Trinajstić information content (AvgIpc) is 2.40. The van der Waals surface area contributed by atoms with Crippen LogP contribution in [0.5, 0.6) is 0 Å². The molecule has 0 amide bonds. The number of hydrogen-bond donors (Lipinski definition) is 2. The molecule has 4 heteroatoms. The van der Waals surface area contributed by atoms with Gasteiger partial charge in [0.15, 0.2) is 0 Å². The van der Waals surface area contributed by atoms with Gasteiger partial charge in [0.2, 0.25) is 0 Å². The lowest BCUT2D eigenvalue weighted by Gasteiger charge is -2.23. The SMILES string of the molecule is O=c1cnc2cc(CC3CCCCN3)ccc2[nH]1. The zero-order valence-corrected chi connectivity index (χ0v) is 10.3. The molecule has 1 atom stereocenters. The Hall–Kier alpha value is -1.68. The summed E-state index contributed by atoms with van der Waals surface area (Å²) in [6, 6.07) is 6.68. The first-order valence-corrected chi connectivity index (χ1v) is 6.52. The second-order valence-corrected chi connectivity index (χ2v) is 4.95. The van der Waals surface area contributed by atoms with E-state index in [4.69, 9.17) is 0 Å². The second-order valence-electron chi connectivity index (χ2n) is 4.95. The van der Waals surface area contributed by atoms with Crippen LogP contribution in [0.25, 0.3) is 11.0 Å². The van der Waals surface area contributed by atoms with Crippen molar-refractivity contribution in [3.63, 3.8) is 0 Å². The van der Waals surface area contributed by atoms with Crippen LogP contribution < -0.4 is 10.9 Å². The standard InChI is InChI=1S/C14H17N3O/c18-14-9-16-13-8-10(4-5-12(13)17-14)7-11-3-1-2-6-15-11/h4-5,8-9,11,15H,1-3,6-7H2,(H,17,18). The molecule has 0 spiro atoms. The molecule has 2 aromatic rings. The molecule has 18 heavy (non-hydrogen) atoms. The van der Waals surface area contributed by atoms with Crippen molar-refractivity contribution in [2.24, 2.45) is 0 Å². The maximum absolute atomic E-state index is 11.2. The Morgan fingerprint density at radius 1 is 1.33 bits per heavy atom. The maximum Gasteiger partial charge on any atom is 0.266 e. The number of fused-ring (bicyclic) bond motifs is 1. The van der Waals surface area contributed by atoms with Gasteiger partial charge in [-0.2, -0.15) is 0 Å². The second kappa shape index (κ2) is 4.90. The summed E-state index contributed by atoms with van der Waals surface area (Å²) in [5, 5.41) is 3.55. The van der Waals surface area contributed by atoms with Crippen molar-refractivity contribution in [3.05, 3.63) is 40.3 Å². The van der Waals surface area contributed by atoms with Gasteiger partial charge in [0, 0.05) is 6.04 Å². The van der Waals surface area contributed by atoms with E-state index in [1.54, 1.807) is 0 Å². The fourth-order valence-electron chi connectivity index (χ4n) is 2.59. The Morgan fingerprint density at radius 3 is 3.11 bits per heavy atom. The van der Waals surface area contributed by atoms with Gasteiger partial charge in [-0.25, -0.2) is 4.98 Å². The molecule has 0 radical (unpaired) electrons. The lowest BCUT2D eigenvalue weighted by Crippen LogP contribution is -2.35. The molecule has 2 heterocycles. The van der Waals surface area contributed by atoms with Gasteiger partial charge >= 0.3 is 0 Å². The van der Waals surface area contributed by atoms with Crippen molar-refractivity contribution in [1.29, 1.82) is 0 Å². The summed E-state index contributed by atoms with van der Waals surface area (Å²) in [5.41, 5.74) is 2.80. The highest BCUT2D eigenvalue weighted by Gasteiger charge is 2.13. The van der Waals surface area contributed by atoms with Gasteiger partial charge in [-0.05, 0) is 43.5 Å². The minimum atomic E-state index is -0.149. The highest BCUT2D eigenvalue weighted by Crippen LogP contribution is 2.15. The molecule has 1 aromatic carbocycles. The number of piperidine rings is 1. The van der Waals surface area contributed by atoms with E-state index < -0.39 is 0 Å². The van der Waals surface area contributed by atoms with Crippen molar-refractivity contribution in [2.45, 2.75) is 31.7 Å². The number of benzene rings is 1. The van der Waals surface area contributed by atoms with Gasteiger partial charge in [0.25, 0.3) is 5.56 Å². The van der Waals surface area contributed by atoms with E-state index in [1.165, 1.54) is 31.0 Å². The van der Waals surface area contributed by atoms with Crippen LogP contribution in [-0.4, -0.2) is 22.6 Å². The fraction of sp³-hybridized carbons (Fsp3) is 0.429. The molecule has 1 aromatic heterocycles. The van der Waals surface area contributed by atoms with Gasteiger partial charge in [-0.3, -0.25) is 4.79 Å². The summed E-state index contributed by atoms with van der Waals surface area (Å²) >= 11 is 0. The third-order valence-corrected chi connectivity index (χ3v) is 3.54. The van der Waals surface area contributed by atoms with Crippen LogP contribution >= 0.6 is 0 Å². The van der Waals surface area contributed by atoms with Crippen LogP contribution in [0.4, 0.5) is 0 Å². The van der Waals surface area contributed by atoms with E-state index in [1.807, 2.05) is 6.07 Å². The quantitative estimate of drug-likeness (QED) is 0.842. The number of hydrogen-bond acceptors (Lipinski definition) is 3. The first-order chi connectivity index (χ1) is 8.81. The Morgan fingerprint density at radius 2 is 2.28 bits per heavy atom. The zero-order chi connectivity index (χ0) is 12.4. The first kappa shape index (κ1) is 11.4. The van der Waals surface area contributed by atoms with Crippen molar-refractivity contribution < 1.29 is 0 Å². The molecule has 1 fully saturated rings.